The predicted octanol–water partition coefficient (Wildman–Crippen LogP) is 5.91. The molecule has 0 aliphatic heterocycles. The van der Waals surface area contributed by atoms with Crippen LogP contribution in [0.3, 0.4) is 0 Å². The van der Waals surface area contributed by atoms with Crippen molar-refractivity contribution in [3.05, 3.63) is 107 Å². The van der Waals surface area contributed by atoms with Crippen LogP contribution in [0.1, 0.15) is 79.3 Å². The first-order chi connectivity index (χ1) is 20.5. The molecule has 1 fully saturated rings. The summed E-state index contributed by atoms with van der Waals surface area (Å²) in [6.45, 7) is 7.88. The molecule has 0 bridgehead atoms. The van der Waals surface area contributed by atoms with Gasteiger partial charge in [0.2, 0.25) is 0 Å². The number of carbonyl (C=O) groups is 1. The van der Waals surface area contributed by atoms with Crippen molar-refractivity contribution in [2.24, 2.45) is 11.7 Å². The molecule has 2 heterocycles. The quantitative estimate of drug-likeness (QED) is 0.184. The summed E-state index contributed by atoms with van der Waals surface area (Å²) in [4.78, 5) is 18.0. The first-order valence-corrected chi connectivity index (χ1v) is 15.7. The van der Waals surface area contributed by atoms with Crippen molar-refractivity contribution in [1.82, 2.24) is 19.5 Å². The Labute approximate surface area is 255 Å². The highest BCUT2D eigenvalue weighted by Gasteiger charge is 2.43. The lowest BCUT2D eigenvalue weighted by Gasteiger charge is -2.38. The molecule has 1 saturated carbocycles. The molecular formula is C33H39FN6O2S. The highest BCUT2D eigenvalue weighted by atomic mass is 32.2. The summed E-state index contributed by atoms with van der Waals surface area (Å²) >= 11 is -1.46. The van der Waals surface area contributed by atoms with Crippen molar-refractivity contribution in [2.45, 2.75) is 70.2 Å². The molecule has 0 spiro atoms. The van der Waals surface area contributed by atoms with Gasteiger partial charge in [-0.2, -0.15) is 5.10 Å². The number of benzene rings is 2. The monoisotopic (exact) mass is 602 g/mol. The number of pyridine rings is 1. The fourth-order valence-electron chi connectivity index (χ4n) is 5.12. The number of nitrogens with two attached hydrogens (primary N) is 1. The van der Waals surface area contributed by atoms with Crippen LogP contribution in [0.2, 0.25) is 0 Å². The number of nitrogens with zero attached hydrogens (tertiary/aromatic N) is 3. The SMILES string of the molecule is Cc1cc(C(=O)Nc2cc(C(CCC3CC3)(N[S@+]([O-])C(C)(C)C)c3cccnc3)ccc2F)n(-c2cccc(CN)c2)n1. The Balaban J connectivity index is 1.55. The normalized spacial score (nSPS) is 15.6. The van der Waals surface area contributed by atoms with Gasteiger partial charge in [-0.3, -0.25) is 9.78 Å². The van der Waals surface area contributed by atoms with Crippen LogP contribution in [0.5, 0.6) is 0 Å². The minimum absolute atomic E-state index is 0.0200. The highest BCUT2D eigenvalue weighted by molar-refractivity contribution is 7.90. The first-order valence-electron chi connectivity index (χ1n) is 14.6. The predicted molar refractivity (Wildman–Crippen MR) is 169 cm³/mol. The number of amides is 1. The highest BCUT2D eigenvalue weighted by Crippen LogP contribution is 2.43. The van der Waals surface area contributed by atoms with Gasteiger partial charge < -0.3 is 15.6 Å². The summed E-state index contributed by atoms with van der Waals surface area (Å²) < 4.78 is 33.5. The molecule has 4 N–H and O–H groups in total. The Morgan fingerprint density at radius 2 is 1.91 bits per heavy atom. The molecule has 1 aliphatic rings. The summed E-state index contributed by atoms with van der Waals surface area (Å²) in [5, 5.41) is 7.30. The van der Waals surface area contributed by atoms with Crippen LogP contribution in [0, 0.1) is 18.7 Å². The first kappa shape index (κ1) is 30.9. The van der Waals surface area contributed by atoms with Crippen molar-refractivity contribution < 1.29 is 13.7 Å². The summed E-state index contributed by atoms with van der Waals surface area (Å²) in [6, 6.07) is 17.6. The average Bonchev–Trinajstić information content (AvgIpc) is 3.74. The van der Waals surface area contributed by atoms with E-state index in [1.165, 1.54) is 10.7 Å². The average molecular weight is 603 g/mol. The minimum Gasteiger partial charge on any atom is -0.598 e. The van der Waals surface area contributed by atoms with Gasteiger partial charge in [0.1, 0.15) is 21.8 Å². The van der Waals surface area contributed by atoms with Gasteiger partial charge in [0.25, 0.3) is 5.91 Å². The van der Waals surface area contributed by atoms with E-state index in [0.717, 1.165) is 30.4 Å². The van der Waals surface area contributed by atoms with Crippen LogP contribution in [-0.4, -0.2) is 30.0 Å². The van der Waals surface area contributed by atoms with E-state index in [2.05, 4.69) is 20.1 Å². The van der Waals surface area contributed by atoms with E-state index in [4.69, 9.17) is 5.73 Å². The Morgan fingerprint density at radius 1 is 1.12 bits per heavy atom. The molecule has 0 saturated heterocycles. The standard InChI is InChI=1S/C33H39FN6O2S/c1-22-17-30(40(38-22)27-9-5-7-24(18-27)20-35)31(41)37-29-19-25(12-13-28(29)34)33(15-14-23-10-11-23,26-8-6-16-36-21-26)39-43(42)32(2,3)4/h5-9,12-13,16-19,21,23,39H,10-11,14-15,20,35H2,1-4H3,(H,37,41)/t33?,43-/m1/s1. The van der Waals surface area contributed by atoms with Crippen molar-refractivity contribution in [3.8, 4) is 5.69 Å². The van der Waals surface area contributed by atoms with E-state index in [-0.39, 0.29) is 11.4 Å². The Bertz CT molecular complexity index is 1580. The third-order valence-corrected chi connectivity index (χ3v) is 9.41. The molecule has 226 valence electrons. The molecule has 2 aromatic carbocycles. The van der Waals surface area contributed by atoms with Crippen LogP contribution in [0.25, 0.3) is 5.69 Å². The van der Waals surface area contributed by atoms with Gasteiger partial charge in [0.05, 0.1) is 17.1 Å². The van der Waals surface area contributed by atoms with E-state index >= 15 is 4.39 Å². The second-order valence-corrected chi connectivity index (χ2v) is 14.2. The summed E-state index contributed by atoms with van der Waals surface area (Å²) in [7, 11) is 0. The number of aromatic nitrogens is 3. The van der Waals surface area contributed by atoms with Gasteiger partial charge in [-0.15, -0.1) is 4.72 Å². The molecule has 0 radical (unpaired) electrons. The van der Waals surface area contributed by atoms with Crippen LogP contribution in [-0.2, 0) is 23.4 Å². The molecule has 1 amide bonds. The second-order valence-electron chi connectivity index (χ2n) is 12.2. The maximum atomic E-state index is 15.4. The fourth-order valence-corrected chi connectivity index (χ4v) is 6.08. The van der Waals surface area contributed by atoms with Gasteiger partial charge in [-0.25, -0.2) is 9.07 Å². The number of anilines is 1. The molecule has 2 atom stereocenters. The summed E-state index contributed by atoms with van der Waals surface area (Å²) in [6.07, 6.45) is 7.32. The maximum absolute atomic E-state index is 15.4. The van der Waals surface area contributed by atoms with Gasteiger partial charge in [-0.05, 0) is 99.5 Å². The van der Waals surface area contributed by atoms with Crippen LogP contribution >= 0.6 is 0 Å². The number of hydrogen-bond acceptors (Lipinski definition) is 6. The topological polar surface area (TPSA) is 121 Å². The Kier molecular flexibility index (Phi) is 9.03. The third kappa shape index (κ3) is 6.99. The van der Waals surface area contributed by atoms with Gasteiger partial charge in [0, 0.05) is 30.3 Å². The van der Waals surface area contributed by atoms with E-state index in [1.54, 1.807) is 37.5 Å². The number of rotatable bonds is 11. The summed E-state index contributed by atoms with van der Waals surface area (Å²) in [5.74, 6) is -0.489. The number of halogens is 1. The number of nitrogens with one attached hydrogen (secondary N) is 2. The van der Waals surface area contributed by atoms with Gasteiger partial charge >= 0.3 is 0 Å². The lowest BCUT2D eigenvalue weighted by atomic mass is 9.80. The molecule has 5 rings (SSSR count). The molecular weight excluding hydrogens is 563 g/mol. The fraction of sp³-hybridized carbons (Fsp3) is 0.364. The zero-order valence-electron chi connectivity index (χ0n) is 25.1. The van der Waals surface area contributed by atoms with E-state index < -0.39 is 33.4 Å². The van der Waals surface area contributed by atoms with Gasteiger partial charge in [-0.1, -0.05) is 37.1 Å². The molecule has 1 unspecified atom stereocenters. The molecule has 43 heavy (non-hydrogen) atoms. The maximum Gasteiger partial charge on any atom is 0.274 e. The largest absolute Gasteiger partial charge is 0.598 e. The van der Waals surface area contributed by atoms with E-state index in [0.29, 0.717) is 35.8 Å². The lowest BCUT2D eigenvalue weighted by Crippen LogP contribution is -2.52. The number of carbonyl (C=O) groups excluding carboxylic acids is 1. The Morgan fingerprint density at radius 3 is 2.58 bits per heavy atom. The van der Waals surface area contributed by atoms with Crippen LogP contribution in [0.15, 0.2) is 73.1 Å². The molecule has 10 heteroatoms. The number of hydrogen-bond donors (Lipinski definition) is 3. The van der Waals surface area contributed by atoms with Crippen molar-refractivity contribution >= 4 is 23.0 Å². The number of aryl methyl sites for hydroxylation is 1. The van der Waals surface area contributed by atoms with Crippen LogP contribution < -0.4 is 15.8 Å². The zero-order valence-corrected chi connectivity index (χ0v) is 25.9. The molecule has 8 nitrogen and oxygen atoms in total. The molecule has 1 aliphatic carbocycles. The molecule has 2 aromatic heterocycles. The smallest absolute Gasteiger partial charge is 0.274 e. The Hall–Kier alpha value is -3.57. The lowest BCUT2D eigenvalue weighted by molar-refractivity contribution is 0.101. The summed E-state index contributed by atoms with van der Waals surface area (Å²) in [5.41, 5.74) is 8.91. The zero-order chi connectivity index (χ0) is 30.8. The van der Waals surface area contributed by atoms with Crippen molar-refractivity contribution in [2.75, 3.05) is 5.32 Å². The second kappa shape index (κ2) is 12.6. The third-order valence-electron chi connectivity index (χ3n) is 7.76. The molecule has 4 aromatic rings. The minimum atomic E-state index is -1.46. The van der Waals surface area contributed by atoms with Crippen molar-refractivity contribution in [1.29, 1.82) is 0 Å². The van der Waals surface area contributed by atoms with Gasteiger partial charge in [0.15, 0.2) is 0 Å². The van der Waals surface area contributed by atoms with E-state index in [9.17, 15) is 9.35 Å². The van der Waals surface area contributed by atoms with Crippen molar-refractivity contribution in [3.63, 3.8) is 0 Å². The van der Waals surface area contributed by atoms with Crippen LogP contribution in [0.4, 0.5) is 10.1 Å². The van der Waals surface area contributed by atoms with E-state index in [1.807, 2.05) is 57.2 Å².